The van der Waals surface area contributed by atoms with E-state index in [-0.39, 0.29) is 0 Å². The van der Waals surface area contributed by atoms with Crippen LogP contribution in [-0.2, 0) is 0 Å². The maximum atomic E-state index is 5.72. The molecule has 16 rings (SSSR count). The van der Waals surface area contributed by atoms with Gasteiger partial charge in [-0.15, -0.1) is 11.3 Å². The average Bonchev–Trinajstić information content (AvgIpc) is 4.23. The van der Waals surface area contributed by atoms with E-state index in [0.717, 1.165) is 81.6 Å². The fourth-order valence-electron chi connectivity index (χ4n) is 11.9. The molecule has 11 aromatic carbocycles. The number of rotatable bonds is 6. The number of benzene rings is 11. The van der Waals surface area contributed by atoms with Crippen molar-refractivity contribution < 1.29 is 0 Å². The normalized spacial score (nSPS) is 12.1. The molecule has 0 saturated heterocycles. The van der Waals surface area contributed by atoms with Gasteiger partial charge in [0.1, 0.15) is 0 Å². The molecule has 5 aromatic heterocycles. The Hall–Kier alpha value is -9.62. The number of hydrogen-bond donors (Lipinski definition) is 0. The first-order valence-corrected chi connectivity index (χ1v) is 26.0. The maximum absolute atomic E-state index is 5.72. The van der Waals surface area contributed by atoms with Crippen molar-refractivity contribution in [3.05, 3.63) is 249 Å². The number of hydrogen-bond acceptors (Lipinski definition) is 3. The predicted molar refractivity (Wildman–Crippen MR) is 312 cm³/mol. The van der Waals surface area contributed by atoms with Crippen LogP contribution in [0.3, 0.4) is 0 Å². The van der Waals surface area contributed by atoms with Crippen molar-refractivity contribution in [2.24, 2.45) is 0 Å². The first kappa shape index (κ1) is 41.0. The summed E-state index contributed by atoms with van der Waals surface area (Å²) in [7, 11) is 0. The number of fused-ring (bicyclic) bond motifs is 13. The summed E-state index contributed by atoms with van der Waals surface area (Å²) in [4.78, 5) is 12.4. The first-order chi connectivity index (χ1) is 36.7. The predicted octanol–water partition coefficient (Wildman–Crippen LogP) is 18.3. The van der Waals surface area contributed by atoms with Crippen molar-refractivity contribution >= 4 is 109 Å². The Balaban J connectivity index is 0.962. The lowest BCUT2D eigenvalue weighted by Crippen LogP contribution is -2.02. The zero-order chi connectivity index (χ0) is 48.4. The minimum atomic E-state index is 0.638. The summed E-state index contributed by atoms with van der Waals surface area (Å²) in [6.45, 7) is 0. The van der Waals surface area contributed by atoms with E-state index in [4.69, 9.17) is 9.97 Å². The van der Waals surface area contributed by atoms with Crippen molar-refractivity contribution in [1.82, 2.24) is 23.7 Å². The minimum Gasteiger partial charge on any atom is -0.309 e. The Morgan fingerprint density at radius 3 is 1.65 bits per heavy atom. The first-order valence-electron chi connectivity index (χ1n) is 25.1. The van der Waals surface area contributed by atoms with Gasteiger partial charge in [0.15, 0.2) is 0 Å². The summed E-state index contributed by atoms with van der Waals surface area (Å²) in [6.07, 6.45) is 0. The van der Waals surface area contributed by atoms with Crippen LogP contribution >= 0.6 is 11.3 Å². The molecule has 0 atom stereocenters. The third-order valence-electron chi connectivity index (χ3n) is 15.2. The molecule has 0 spiro atoms. The topological polar surface area (TPSA) is 40.6 Å². The van der Waals surface area contributed by atoms with Gasteiger partial charge in [-0.3, -0.25) is 4.57 Å². The Kier molecular flexibility index (Phi) is 8.84. The molecule has 0 bridgehead atoms. The molecule has 6 heteroatoms. The van der Waals surface area contributed by atoms with E-state index < -0.39 is 0 Å². The van der Waals surface area contributed by atoms with Gasteiger partial charge in [0.2, 0.25) is 5.95 Å². The van der Waals surface area contributed by atoms with Gasteiger partial charge in [-0.1, -0.05) is 164 Å². The summed E-state index contributed by atoms with van der Waals surface area (Å²) in [6, 6.07) is 90.4. The molecule has 0 unspecified atom stereocenters. The second-order valence-electron chi connectivity index (χ2n) is 19.3. The van der Waals surface area contributed by atoms with E-state index in [2.05, 4.69) is 262 Å². The van der Waals surface area contributed by atoms with Gasteiger partial charge in [-0.25, -0.2) is 9.97 Å². The highest BCUT2D eigenvalue weighted by Gasteiger charge is 2.24. The van der Waals surface area contributed by atoms with E-state index in [9.17, 15) is 0 Å². The van der Waals surface area contributed by atoms with Crippen LogP contribution in [0.4, 0.5) is 0 Å². The largest absolute Gasteiger partial charge is 0.309 e. The van der Waals surface area contributed by atoms with Crippen LogP contribution in [0.15, 0.2) is 249 Å². The second-order valence-corrected chi connectivity index (χ2v) is 20.4. The fourth-order valence-corrected chi connectivity index (χ4v) is 13.1. The molecule has 0 saturated carbocycles. The highest BCUT2D eigenvalue weighted by molar-refractivity contribution is 7.22. The molecule has 0 aliphatic heterocycles. The molecule has 0 fully saturated rings. The summed E-state index contributed by atoms with van der Waals surface area (Å²) >= 11 is 1.76. The van der Waals surface area contributed by atoms with Crippen molar-refractivity contribution in [2.45, 2.75) is 0 Å². The van der Waals surface area contributed by atoms with Crippen LogP contribution in [0.1, 0.15) is 0 Å². The smallest absolute Gasteiger partial charge is 0.235 e. The lowest BCUT2D eigenvalue weighted by molar-refractivity contribution is 1.02. The van der Waals surface area contributed by atoms with Crippen LogP contribution in [0, 0.1) is 0 Å². The highest BCUT2D eigenvalue weighted by atomic mass is 32.1. The Morgan fingerprint density at radius 1 is 0.311 bits per heavy atom. The van der Waals surface area contributed by atoms with E-state index in [1.54, 1.807) is 11.3 Å². The monoisotopic (exact) mass is 959 g/mol. The maximum Gasteiger partial charge on any atom is 0.235 e. The van der Waals surface area contributed by atoms with Gasteiger partial charge >= 0.3 is 0 Å². The highest BCUT2D eigenvalue weighted by Crippen LogP contribution is 2.46. The molecular weight excluding hydrogens is 919 g/mol. The van der Waals surface area contributed by atoms with Gasteiger partial charge in [0.05, 0.1) is 49.0 Å². The van der Waals surface area contributed by atoms with Crippen molar-refractivity contribution in [3.8, 4) is 50.1 Å². The molecule has 5 heterocycles. The van der Waals surface area contributed by atoms with Crippen LogP contribution < -0.4 is 0 Å². The van der Waals surface area contributed by atoms with Gasteiger partial charge in [0.25, 0.3) is 0 Å². The van der Waals surface area contributed by atoms with Crippen molar-refractivity contribution in [3.63, 3.8) is 0 Å². The lowest BCUT2D eigenvalue weighted by atomic mass is 9.95. The number of nitrogens with zero attached hydrogens (tertiary/aromatic N) is 5. The Morgan fingerprint density at radius 2 is 0.865 bits per heavy atom. The van der Waals surface area contributed by atoms with Gasteiger partial charge in [0, 0.05) is 54.1 Å². The van der Waals surface area contributed by atoms with E-state index in [1.165, 1.54) is 59.8 Å². The molecule has 0 aliphatic rings. The standard InChI is InChI=1S/C68H41N5S/c1-4-18-43(19-5-1)63-41-56-67(74-63)66(47-33-35-58-53(39-47)52-27-14-15-29-57(52)71(58)48-22-6-2-7-23-48)70-68(69-56)73-59-34-32-46(38-54(59)55-37-44-20-10-11-21-45(44)40-62(55)73)51-28-16-30-60-65(51)64-50-26-13-12-17-42(50)31-36-61(64)72(60)49-24-8-3-9-25-49/h1-41H. The quantitative estimate of drug-likeness (QED) is 0.167. The molecule has 0 amide bonds. The minimum absolute atomic E-state index is 0.638. The average molecular weight is 960 g/mol. The van der Waals surface area contributed by atoms with E-state index in [1.807, 2.05) is 0 Å². The molecule has 344 valence electrons. The van der Waals surface area contributed by atoms with Crippen LogP contribution in [0.5, 0.6) is 0 Å². The molecule has 5 nitrogen and oxygen atoms in total. The summed E-state index contributed by atoms with van der Waals surface area (Å²) in [5.41, 5.74) is 15.5. The molecule has 0 N–H and O–H groups in total. The van der Waals surface area contributed by atoms with Crippen molar-refractivity contribution in [2.75, 3.05) is 0 Å². The third kappa shape index (κ3) is 6.09. The van der Waals surface area contributed by atoms with Crippen LogP contribution in [0.2, 0.25) is 0 Å². The zero-order valence-electron chi connectivity index (χ0n) is 39.8. The van der Waals surface area contributed by atoms with Gasteiger partial charge in [-0.2, -0.15) is 0 Å². The fraction of sp³-hybridized carbons (Fsp3) is 0. The summed E-state index contributed by atoms with van der Waals surface area (Å²) < 4.78 is 8.16. The number of thiophene rings is 1. The molecule has 16 aromatic rings. The van der Waals surface area contributed by atoms with Gasteiger partial charge < -0.3 is 9.13 Å². The Labute approximate surface area is 428 Å². The summed E-state index contributed by atoms with van der Waals surface area (Å²) in [5, 5.41) is 12.0. The number of para-hydroxylation sites is 3. The molecule has 0 radical (unpaired) electrons. The number of aromatic nitrogens is 5. The lowest BCUT2D eigenvalue weighted by Gasteiger charge is -2.11. The zero-order valence-corrected chi connectivity index (χ0v) is 40.6. The Bertz CT molecular complexity index is 4950. The van der Waals surface area contributed by atoms with Crippen LogP contribution in [-0.4, -0.2) is 23.7 Å². The van der Waals surface area contributed by atoms with E-state index in [0.29, 0.717) is 5.95 Å². The SMILES string of the molecule is c1ccc(-c2cc3nc(-n4c5ccc(-c6cccc7c6c6c8ccccc8ccc6n7-c6ccccc6)cc5c5cc6ccccc6cc54)nc(-c4ccc5c(c4)c4ccccc4n5-c4ccccc4)c3s2)cc1. The van der Waals surface area contributed by atoms with Gasteiger partial charge in [-0.05, 0) is 123 Å². The molecule has 0 aliphatic carbocycles. The third-order valence-corrected chi connectivity index (χ3v) is 16.4. The second kappa shape index (κ2) is 15.9. The molecular formula is C68H41N5S. The van der Waals surface area contributed by atoms with Crippen LogP contribution in [0.25, 0.3) is 147 Å². The van der Waals surface area contributed by atoms with Crippen molar-refractivity contribution in [1.29, 1.82) is 0 Å². The molecule has 74 heavy (non-hydrogen) atoms. The van der Waals surface area contributed by atoms with E-state index >= 15 is 0 Å². The summed E-state index contributed by atoms with van der Waals surface area (Å²) in [5.74, 6) is 0.638.